The van der Waals surface area contributed by atoms with Gasteiger partial charge in [-0.3, -0.25) is 19.0 Å². The second kappa shape index (κ2) is 9.66. The van der Waals surface area contributed by atoms with Gasteiger partial charge < -0.3 is 0 Å². The predicted octanol–water partition coefficient (Wildman–Crippen LogP) is 4.84. The van der Waals surface area contributed by atoms with Crippen LogP contribution in [0.3, 0.4) is 0 Å². The Morgan fingerprint density at radius 1 is 0.875 bits per heavy atom. The molecule has 4 aromatic rings. The van der Waals surface area contributed by atoms with E-state index in [1.54, 1.807) is 6.92 Å². The number of hydrogen-bond acceptors (Lipinski definition) is 5. The molecule has 0 amide bonds. The third-order valence-corrected chi connectivity index (χ3v) is 6.37. The monoisotopic (exact) mass is 442 g/mol. The van der Waals surface area contributed by atoms with Crippen molar-refractivity contribution in [1.29, 1.82) is 0 Å². The van der Waals surface area contributed by atoms with Crippen LogP contribution in [0.4, 0.5) is 0 Å². The summed E-state index contributed by atoms with van der Waals surface area (Å²) in [6, 6.07) is 22.2. The van der Waals surface area contributed by atoms with E-state index in [-0.39, 0.29) is 23.5 Å². The number of aryl methyl sites for hydroxylation is 2. The van der Waals surface area contributed by atoms with Crippen molar-refractivity contribution < 1.29 is 9.59 Å². The molecular weight excluding hydrogens is 420 g/mol. The molecule has 4 rings (SSSR count). The Balaban J connectivity index is 1.55. The van der Waals surface area contributed by atoms with Crippen LogP contribution in [-0.2, 0) is 12.8 Å². The van der Waals surface area contributed by atoms with E-state index in [2.05, 4.69) is 4.98 Å². The topological polar surface area (TPSA) is 69.0 Å². The quantitative estimate of drug-likeness (QED) is 0.366. The maximum atomic E-state index is 12.8. The molecule has 6 heteroatoms. The van der Waals surface area contributed by atoms with E-state index in [0.717, 1.165) is 11.1 Å². The molecule has 2 aromatic carbocycles. The number of aromatic nitrogens is 2. The summed E-state index contributed by atoms with van der Waals surface area (Å²) in [5, 5.41) is 0.393. The fourth-order valence-corrected chi connectivity index (χ4v) is 4.46. The highest BCUT2D eigenvalue weighted by atomic mass is 32.1. The molecule has 0 aliphatic rings. The number of nitrogens with zero attached hydrogens (tertiary/aromatic N) is 2. The van der Waals surface area contributed by atoms with Gasteiger partial charge in [-0.05, 0) is 30.5 Å². The van der Waals surface area contributed by atoms with Gasteiger partial charge in [0.25, 0.3) is 5.56 Å². The van der Waals surface area contributed by atoms with Crippen LogP contribution in [0.5, 0.6) is 0 Å². The van der Waals surface area contributed by atoms with Crippen LogP contribution < -0.4 is 5.56 Å². The Labute approximate surface area is 190 Å². The molecule has 0 atom stereocenters. The van der Waals surface area contributed by atoms with Crippen LogP contribution >= 0.6 is 11.3 Å². The standard InChI is InChI=1S/C26H22N2O3S/c1-18-25(22(29)14-12-19-8-4-2-5-9-19)32-26(27-18)28-17-21(13-15-24(28)31)23(30)16-20-10-6-3-7-11-20/h2-11,13,15,17H,12,14,16H2,1H3. The summed E-state index contributed by atoms with van der Waals surface area (Å²) in [5.41, 5.74) is 2.74. The number of hydrogen-bond donors (Lipinski definition) is 0. The maximum absolute atomic E-state index is 12.8. The summed E-state index contributed by atoms with van der Waals surface area (Å²) >= 11 is 1.19. The average molecular weight is 443 g/mol. The minimum atomic E-state index is -0.293. The van der Waals surface area contributed by atoms with Crippen LogP contribution in [0, 0.1) is 6.92 Å². The van der Waals surface area contributed by atoms with Gasteiger partial charge in [0, 0.05) is 30.7 Å². The van der Waals surface area contributed by atoms with E-state index in [9.17, 15) is 14.4 Å². The fourth-order valence-electron chi connectivity index (χ4n) is 3.44. The Morgan fingerprint density at radius 3 is 2.22 bits per heavy atom. The molecule has 0 aliphatic carbocycles. The first kappa shape index (κ1) is 21.6. The third kappa shape index (κ3) is 4.98. The smallest absolute Gasteiger partial charge is 0.256 e. The van der Waals surface area contributed by atoms with Gasteiger partial charge in [0.05, 0.1) is 10.6 Å². The third-order valence-electron chi connectivity index (χ3n) is 5.17. The Hall–Kier alpha value is -3.64. The number of thiazole rings is 1. The van der Waals surface area contributed by atoms with E-state index >= 15 is 0 Å². The summed E-state index contributed by atoms with van der Waals surface area (Å²) in [6.45, 7) is 1.77. The summed E-state index contributed by atoms with van der Waals surface area (Å²) in [6.07, 6.45) is 2.79. The molecule has 2 heterocycles. The molecule has 0 saturated carbocycles. The van der Waals surface area contributed by atoms with Gasteiger partial charge in [0.15, 0.2) is 16.7 Å². The zero-order valence-corrected chi connectivity index (χ0v) is 18.5. The average Bonchev–Trinajstić information content (AvgIpc) is 3.20. The second-order valence-corrected chi connectivity index (χ2v) is 8.51. The molecule has 5 nitrogen and oxygen atoms in total. The number of Topliss-reactive ketones (excluding diaryl/α,β-unsaturated/α-hetero) is 2. The molecule has 0 unspecified atom stereocenters. The molecule has 160 valence electrons. The Kier molecular flexibility index (Phi) is 6.52. The normalized spacial score (nSPS) is 10.8. The molecule has 0 spiro atoms. The molecule has 0 aliphatic heterocycles. The van der Waals surface area contributed by atoms with E-state index in [0.29, 0.717) is 34.1 Å². The zero-order valence-electron chi connectivity index (χ0n) is 17.7. The summed E-state index contributed by atoms with van der Waals surface area (Å²) < 4.78 is 1.35. The first-order valence-electron chi connectivity index (χ1n) is 10.4. The van der Waals surface area contributed by atoms with Gasteiger partial charge in [-0.2, -0.15) is 0 Å². The van der Waals surface area contributed by atoms with E-state index in [1.165, 1.54) is 34.2 Å². The summed E-state index contributed by atoms with van der Waals surface area (Å²) in [4.78, 5) is 43.0. The largest absolute Gasteiger partial charge is 0.294 e. The van der Waals surface area contributed by atoms with E-state index < -0.39 is 0 Å². The summed E-state index contributed by atoms with van der Waals surface area (Å²) in [7, 11) is 0. The van der Waals surface area contributed by atoms with Crippen molar-refractivity contribution in [3.05, 3.63) is 117 Å². The first-order chi connectivity index (χ1) is 15.5. The van der Waals surface area contributed by atoms with Crippen molar-refractivity contribution in [3.63, 3.8) is 0 Å². The number of benzene rings is 2. The lowest BCUT2D eigenvalue weighted by Crippen LogP contribution is -2.18. The fraction of sp³-hybridized carbons (Fsp3) is 0.154. The minimum Gasteiger partial charge on any atom is -0.294 e. The molecule has 0 bridgehead atoms. The Bertz CT molecular complexity index is 1310. The van der Waals surface area contributed by atoms with E-state index in [1.807, 2.05) is 60.7 Å². The number of pyridine rings is 1. The van der Waals surface area contributed by atoms with E-state index in [4.69, 9.17) is 0 Å². The lowest BCUT2D eigenvalue weighted by atomic mass is 10.0. The summed E-state index contributed by atoms with van der Waals surface area (Å²) in [5.74, 6) is -0.0863. The van der Waals surface area contributed by atoms with Gasteiger partial charge in [0.2, 0.25) is 0 Å². The van der Waals surface area contributed by atoms with Crippen molar-refractivity contribution in [3.8, 4) is 5.13 Å². The number of ketones is 2. The highest BCUT2D eigenvalue weighted by molar-refractivity contribution is 7.16. The highest BCUT2D eigenvalue weighted by Gasteiger charge is 2.18. The van der Waals surface area contributed by atoms with Crippen LogP contribution in [0.1, 0.15) is 43.3 Å². The van der Waals surface area contributed by atoms with Crippen LogP contribution in [0.25, 0.3) is 5.13 Å². The van der Waals surface area contributed by atoms with Crippen LogP contribution in [0.2, 0.25) is 0 Å². The SMILES string of the molecule is Cc1nc(-n2cc(C(=O)Cc3ccccc3)ccc2=O)sc1C(=O)CCc1ccccc1. The molecule has 0 radical (unpaired) electrons. The van der Waals surface area contributed by atoms with Crippen LogP contribution in [-0.4, -0.2) is 21.1 Å². The molecular formula is C26H22N2O3S. The van der Waals surface area contributed by atoms with Crippen LogP contribution in [0.15, 0.2) is 83.8 Å². The molecule has 32 heavy (non-hydrogen) atoms. The lowest BCUT2D eigenvalue weighted by molar-refractivity contribution is 0.0980. The van der Waals surface area contributed by atoms with Gasteiger partial charge in [-0.15, -0.1) is 0 Å². The number of carbonyl (C=O) groups is 2. The molecule has 0 fully saturated rings. The van der Waals surface area contributed by atoms with Gasteiger partial charge >= 0.3 is 0 Å². The van der Waals surface area contributed by atoms with Gasteiger partial charge in [0.1, 0.15) is 0 Å². The van der Waals surface area contributed by atoms with Gasteiger partial charge in [-0.1, -0.05) is 72.0 Å². The van der Waals surface area contributed by atoms with Crippen molar-refractivity contribution in [2.45, 2.75) is 26.2 Å². The zero-order chi connectivity index (χ0) is 22.5. The maximum Gasteiger partial charge on any atom is 0.256 e. The number of rotatable bonds is 8. The van der Waals surface area contributed by atoms with Crippen molar-refractivity contribution in [2.24, 2.45) is 0 Å². The number of carbonyl (C=O) groups excluding carboxylic acids is 2. The van der Waals surface area contributed by atoms with Crippen molar-refractivity contribution >= 4 is 22.9 Å². The highest BCUT2D eigenvalue weighted by Crippen LogP contribution is 2.23. The van der Waals surface area contributed by atoms with Crippen molar-refractivity contribution in [2.75, 3.05) is 0 Å². The molecule has 0 saturated heterocycles. The minimum absolute atomic E-state index is 0.000499. The molecule has 2 aromatic heterocycles. The van der Waals surface area contributed by atoms with Crippen molar-refractivity contribution in [1.82, 2.24) is 9.55 Å². The molecule has 0 N–H and O–H groups in total. The first-order valence-corrected chi connectivity index (χ1v) is 11.2. The Morgan fingerprint density at radius 2 is 1.53 bits per heavy atom. The second-order valence-electron chi connectivity index (χ2n) is 7.53. The van der Waals surface area contributed by atoms with Gasteiger partial charge in [-0.25, -0.2) is 4.98 Å². The lowest BCUT2D eigenvalue weighted by Gasteiger charge is -2.05. The predicted molar refractivity (Wildman–Crippen MR) is 126 cm³/mol.